The van der Waals surface area contributed by atoms with Gasteiger partial charge >= 0.3 is 0 Å². The fraction of sp³-hybridized carbons (Fsp3) is 0.562. The predicted molar refractivity (Wildman–Crippen MR) is 90.6 cm³/mol. The van der Waals surface area contributed by atoms with Crippen molar-refractivity contribution in [3.05, 3.63) is 22.4 Å². The average Bonchev–Trinajstić information content (AvgIpc) is 3.01. The fourth-order valence-electron chi connectivity index (χ4n) is 2.97. The molecule has 114 valence electrons. The molecule has 2 rings (SSSR count). The Balaban J connectivity index is 1.98. The van der Waals surface area contributed by atoms with E-state index >= 15 is 0 Å². The van der Waals surface area contributed by atoms with Crippen molar-refractivity contribution in [1.29, 1.82) is 0 Å². The number of hydrogen-bond acceptors (Lipinski definition) is 3. The van der Waals surface area contributed by atoms with Crippen molar-refractivity contribution in [2.75, 3.05) is 33.7 Å². The van der Waals surface area contributed by atoms with Crippen LogP contribution in [-0.4, -0.2) is 44.6 Å². The van der Waals surface area contributed by atoms with E-state index in [1.165, 1.54) is 24.3 Å². The zero-order valence-corrected chi connectivity index (χ0v) is 13.6. The molecular weight excluding hydrogens is 280 g/mol. The first-order valence-corrected chi connectivity index (χ1v) is 8.26. The normalized spacial score (nSPS) is 23.6. The highest BCUT2D eigenvalue weighted by Gasteiger charge is 2.31. The molecule has 2 N–H and O–H groups in total. The molecule has 1 aliphatic heterocycles. The van der Waals surface area contributed by atoms with Crippen molar-refractivity contribution in [2.24, 2.45) is 10.9 Å². The van der Waals surface area contributed by atoms with Gasteiger partial charge in [-0.25, -0.2) is 0 Å². The van der Waals surface area contributed by atoms with Crippen LogP contribution in [0, 0.1) is 18.3 Å². The average molecular weight is 304 g/mol. The van der Waals surface area contributed by atoms with E-state index in [-0.39, 0.29) is 0 Å². The van der Waals surface area contributed by atoms with Crippen LogP contribution >= 0.6 is 11.3 Å². The molecule has 0 bridgehead atoms. The second kappa shape index (κ2) is 8.06. The van der Waals surface area contributed by atoms with Gasteiger partial charge in [0.2, 0.25) is 0 Å². The first-order valence-electron chi connectivity index (χ1n) is 7.38. The summed E-state index contributed by atoms with van der Waals surface area (Å²) in [6.07, 6.45) is 7.77. The van der Waals surface area contributed by atoms with E-state index in [2.05, 4.69) is 51.0 Å². The molecule has 0 amide bonds. The summed E-state index contributed by atoms with van der Waals surface area (Å²) in [5, 5.41) is 8.68. The Morgan fingerprint density at radius 1 is 1.57 bits per heavy atom. The second-order valence-electron chi connectivity index (χ2n) is 5.35. The molecule has 4 nitrogen and oxygen atoms in total. The van der Waals surface area contributed by atoms with E-state index < -0.39 is 0 Å². The third-order valence-corrected chi connectivity index (χ3v) is 4.90. The quantitative estimate of drug-likeness (QED) is 0.507. The highest BCUT2D eigenvalue weighted by molar-refractivity contribution is 7.10. The number of aliphatic imine (C=N–C) groups is 1. The van der Waals surface area contributed by atoms with Gasteiger partial charge in [-0.1, -0.05) is 12.0 Å². The van der Waals surface area contributed by atoms with E-state index in [0.29, 0.717) is 18.5 Å². The molecule has 1 saturated heterocycles. The van der Waals surface area contributed by atoms with Crippen LogP contribution in [0.4, 0.5) is 0 Å². The van der Waals surface area contributed by atoms with E-state index in [1.54, 1.807) is 7.05 Å². The van der Waals surface area contributed by atoms with E-state index in [0.717, 1.165) is 12.5 Å². The van der Waals surface area contributed by atoms with Crippen LogP contribution in [0.25, 0.3) is 0 Å². The number of piperidine rings is 1. The lowest BCUT2D eigenvalue weighted by Crippen LogP contribution is -2.44. The topological polar surface area (TPSA) is 39.7 Å². The molecule has 1 fully saturated rings. The van der Waals surface area contributed by atoms with E-state index in [9.17, 15) is 0 Å². The van der Waals surface area contributed by atoms with Gasteiger partial charge in [0.1, 0.15) is 0 Å². The highest BCUT2D eigenvalue weighted by Crippen LogP contribution is 2.36. The van der Waals surface area contributed by atoms with Gasteiger partial charge in [0.15, 0.2) is 5.96 Å². The number of terminal acetylenes is 1. The van der Waals surface area contributed by atoms with Crippen LogP contribution in [0.3, 0.4) is 0 Å². The predicted octanol–water partition coefficient (Wildman–Crippen LogP) is 1.93. The third kappa shape index (κ3) is 4.23. The number of likely N-dealkylation sites (tertiary alicyclic amines) is 1. The number of nitrogens with one attached hydrogen (secondary N) is 2. The Labute approximate surface area is 131 Å². The summed E-state index contributed by atoms with van der Waals surface area (Å²) in [5.41, 5.74) is 0. The monoisotopic (exact) mass is 304 g/mol. The minimum absolute atomic E-state index is 0.497. The molecule has 2 atom stereocenters. The molecule has 0 aliphatic carbocycles. The molecule has 21 heavy (non-hydrogen) atoms. The largest absolute Gasteiger partial charge is 0.356 e. The highest BCUT2D eigenvalue weighted by atomic mass is 32.1. The molecule has 2 heterocycles. The summed E-state index contributed by atoms with van der Waals surface area (Å²) in [6, 6.07) is 4.88. The fourth-order valence-corrected chi connectivity index (χ4v) is 3.95. The van der Waals surface area contributed by atoms with Gasteiger partial charge in [0.05, 0.1) is 6.54 Å². The SMILES string of the molecule is C#CCNC(=NC)NCC1CCCN(C)C1c1cccs1. The van der Waals surface area contributed by atoms with Gasteiger partial charge in [-0.15, -0.1) is 17.8 Å². The first-order chi connectivity index (χ1) is 10.3. The van der Waals surface area contributed by atoms with Gasteiger partial charge < -0.3 is 10.6 Å². The van der Waals surface area contributed by atoms with Gasteiger partial charge in [-0.3, -0.25) is 9.89 Å². The summed E-state index contributed by atoms with van der Waals surface area (Å²) in [5.74, 6) is 3.94. The van der Waals surface area contributed by atoms with Crippen LogP contribution in [0.5, 0.6) is 0 Å². The van der Waals surface area contributed by atoms with Crippen LogP contribution in [0.1, 0.15) is 23.8 Å². The Morgan fingerprint density at radius 3 is 3.10 bits per heavy atom. The number of rotatable bonds is 4. The van der Waals surface area contributed by atoms with Crippen LogP contribution in [0.15, 0.2) is 22.5 Å². The number of thiophene rings is 1. The van der Waals surface area contributed by atoms with E-state index in [1.807, 2.05) is 11.3 Å². The minimum atomic E-state index is 0.497. The molecule has 0 spiro atoms. The lowest BCUT2D eigenvalue weighted by atomic mass is 9.88. The molecule has 1 aliphatic rings. The maximum Gasteiger partial charge on any atom is 0.191 e. The number of guanidine groups is 1. The lowest BCUT2D eigenvalue weighted by molar-refractivity contribution is 0.125. The van der Waals surface area contributed by atoms with Crippen LogP contribution < -0.4 is 10.6 Å². The Morgan fingerprint density at radius 2 is 2.43 bits per heavy atom. The van der Waals surface area contributed by atoms with Gasteiger partial charge in [0, 0.05) is 24.5 Å². The van der Waals surface area contributed by atoms with Crippen molar-refractivity contribution < 1.29 is 0 Å². The Hall–Kier alpha value is -1.51. The van der Waals surface area contributed by atoms with Crippen molar-refractivity contribution >= 4 is 17.3 Å². The second-order valence-corrected chi connectivity index (χ2v) is 6.33. The van der Waals surface area contributed by atoms with Crippen LogP contribution in [0.2, 0.25) is 0 Å². The van der Waals surface area contributed by atoms with Crippen molar-refractivity contribution in [3.63, 3.8) is 0 Å². The molecule has 0 radical (unpaired) electrons. The molecule has 5 heteroatoms. The maximum absolute atomic E-state index is 5.27. The molecule has 0 aromatic carbocycles. The zero-order valence-electron chi connectivity index (χ0n) is 12.8. The molecule has 0 saturated carbocycles. The van der Waals surface area contributed by atoms with Crippen molar-refractivity contribution in [3.8, 4) is 12.3 Å². The van der Waals surface area contributed by atoms with E-state index in [4.69, 9.17) is 6.42 Å². The number of hydrogen-bond donors (Lipinski definition) is 2. The summed E-state index contributed by atoms with van der Waals surface area (Å²) in [4.78, 5) is 8.13. The molecule has 1 aromatic heterocycles. The third-order valence-electron chi connectivity index (χ3n) is 3.96. The first kappa shape index (κ1) is 15.9. The summed E-state index contributed by atoms with van der Waals surface area (Å²) >= 11 is 1.85. The standard InChI is InChI=1S/C16H24N4S/c1-4-9-18-16(17-2)19-12-13-7-5-10-20(3)15(13)14-8-6-11-21-14/h1,6,8,11,13,15H,5,7,9-10,12H2,2-3H3,(H2,17,18,19). The molecule has 2 unspecified atom stereocenters. The summed E-state index contributed by atoms with van der Waals surface area (Å²) < 4.78 is 0. The number of nitrogens with zero attached hydrogens (tertiary/aromatic N) is 2. The van der Waals surface area contributed by atoms with Gasteiger partial charge in [0.25, 0.3) is 0 Å². The zero-order chi connectivity index (χ0) is 15.1. The summed E-state index contributed by atoms with van der Waals surface area (Å²) in [7, 11) is 4.00. The summed E-state index contributed by atoms with van der Waals surface area (Å²) in [6.45, 7) is 2.58. The maximum atomic E-state index is 5.27. The Kier molecular flexibility index (Phi) is 6.09. The molecule has 1 aromatic rings. The smallest absolute Gasteiger partial charge is 0.191 e. The lowest BCUT2D eigenvalue weighted by Gasteiger charge is -2.39. The Bertz CT molecular complexity index is 489. The van der Waals surface area contributed by atoms with Crippen molar-refractivity contribution in [2.45, 2.75) is 18.9 Å². The molecular formula is C16H24N4S. The van der Waals surface area contributed by atoms with Gasteiger partial charge in [-0.2, -0.15) is 0 Å². The minimum Gasteiger partial charge on any atom is -0.356 e. The van der Waals surface area contributed by atoms with Crippen LogP contribution in [-0.2, 0) is 0 Å². The van der Waals surface area contributed by atoms with Gasteiger partial charge in [-0.05, 0) is 43.8 Å². The van der Waals surface area contributed by atoms with Crippen molar-refractivity contribution in [1.82, 2.24) is 15.5 Å².